The highest BCUT2D eigenvalue weighted by Crippen LogP contribution is 2.55. The number of para-hydroxylation sites is 3. The van der Waals surface area contributed by atoms with E-state index in [4.69, 9.17) is 9.90 Å². The van der Waals surface area contributed by atoms with Crippen LogP contribution in [0.4, 0.5) is 47.3 Å². The molecule has 3 N–H and O–H groups in total. The van der Waals surface area contributed by atoms with Crippen LogP contribution in [0.15, 0.2) is 127 Å². The number of piperidine rings is 3. The van der Waals surface area contributed by atoms with Crippen molar-refractivity contribution in [3.63, 3.8) is 0 Å². The fraction of sp³-hybridized carbons (Fsp3) is 0.642. The first-order chi connectivity index (χ1) is 68.9. The molecule has 3 fully saturated rings. The van der Waals surface area contributed by atoms with Crippen LogP contribution in [0.3, 0.4) is 0 Å². The number of carbonyl (C=O) groups excluding carboxylic acids is 7. The maximum Gasteiger partial charge on any atom is 0.180 e. The summed E-state index contributed by atoms with van der Waals surface area (Å²) in [6.45, 7) is 34.7. The number of hydrogen-bond acceptors (Lipinski definition) is 17. The summed E-state index contributed by atoms with van der Waals surface area (Å²) >= 11 is 0. The molecule has 20 nitrogen and oxygen atoms in total. The Morgan fingerprint density at radius 3 is 0.862 bits per heavy atom. The number of unbranched alkanes of at least 4 members (excludes halogenated alkanes) is 16. The third-order valence-electron chi connectivity index (χ3n) is 33.2. The fourth-order valence-electron chi connectivity index (χ4n) is 24.6. The van der Waals surface area contributed by atoms with Crippen LogP contribution in [-0.2, 0) is 19.2 Å². The predicted octanol–water partition coefficient (Wildman–Crippen LogP) is 17.5. The molecule has 3 unspecified atom stereocenters. The number of halogens is 5. The third kappa shape index (κ3) is 35.4. The molecule has 0 saturated carbocycles. The molecule has 0 amide bonds. The number of likely N-dealkylation sites (tertiary alicyclic amines) is 3. The van der Waals surface area contributed by atoms with Gasteiger partial charge in [-0.2, -0.15) is 0 Å². The second-order valence-corrected chi connectivity index (χ2v) is 43.5. The standard InChI is InChI=1S/3C25H31FN3O2.C19H38O.C15H30O.C10H20O.CH2O2.2HI/c3*1-27-12-13-28-22-11-15-29(17-30,16-21(22)20-4-2-5-23(27)25(20)28)14-3-6-24(31)18-7-9-19(26)10-8-18;1-4-6-8-10-12-14-16-19(18(3)20)17-15-13-11-9-7-5-2;1-4-6-8-10-12-15(14(3)16)13-11-9-7-5-2;1-5-7-10(4,8-6-2)9(3)11;2-1-3;;/h3*2,4-5,7-10,21-22,30H,3,6,11-17H2,1H3;19H,4-17H2,1-3H3;15H,4-13H2,1-3H3;5-8H2,1-4H3;1H,(H,2,3);2*1H/q3*+1;;;;;;/p-3/t3*21-,22-,29?;;;;;;/m000....../s1. The van der Waals surface area contributed by atoms with E-state index in [0.29, 0.717) is 114 Å². The molecule has 9 aliphatic heterocycles. The van der Waals surface area contributed by atoms with Crippen LogP contribution in [0.5, 0.6) is 0 Å². The molecule has 0 radical (unpaired) electrons. The van der Waals surface area contributed by atoms with Crippen LogP contribution >= 0.6 is 0 Å². The van der Waals surface area contributed by atoms with Crippen LogP contribution in [0.1, 0.15) is 372 Å². The summed E-state index contributed by atoms with van der Waals surface area (Å²) in [7, 11) is 6.50. The number of nitrogens with zero attached hydrogens (tertiary/aromatic N) is 9. The number of carbonyl (C=O) groups is 7. The molecule has 0 spiro atoms. The van der Waals surface area contributed by atoms with Gasteiger partial charge in [-0.05, 0) is 167 Å². The van der Waals surface area contributed by atoms with E-state index in [0.717, 1.165) is 188 Å². The minimum Gasteiger partial charge on any atom is -1.00 e. The van der Waals surface area contributed by atoms with Crippen molar-refractivity contribution in [2.75, 3.05) is 169 Å². The quantitative estimate of drug-likeness (QED) is 0.0106. The number of aliphatic hydroxyl groups excluding tert-OH is 3. The van der Waals surface area contributed by atoms with Gasteiger partial charge in [-0.15, -0.1) is 0 Å². The number of aliphatic hydroxyl groups is 3. The molecule has 6 aromatic rings. The van der Waals surface area contributed by atoms with Gasteiger partial charge in [0.25, 0.3) is 0 Å². The minimum absolute atomic E-state index is 0. The Labute approximate surface area is 904 Å². The molecular weight excluding hydrogens is 2050 g/mol. The number of likely N-dealkylation sites (N-methyl/N-ethyl adjacent to an activating group) is 3. The second-order valence-electron chi connectivity index (χ2n) is 43.5. The predicted molar refractivity (Wildman–Crippen MR) is 577 cm³/mol. The topological polar surface area (TPSA) is 223 Å². The van der Waals surface area contributed by atoms with Gasteiger partial charge in [0.15, 0.2) is 37.5 Å². The molecule has 145 heavy (non-hydrogen) atoms. The number of Topliss-reactive ketones (excluding diaryl/α,β-unsaturated/α-hetero) is 6. The van der Waals surface area contributed by atoms with Crippen molar-refractivity contribution in [1.82, 2.24) is 0 Å². The highest BCUT2D eigenvalue weighted by molar-refractivity contribution is 5.97. The van der Waals surface area contributed by atoms with Crippen LogP contribution in [0.2, 0.25) is 0 Å². The van der Waals surface area contributed by atoms with Gasteiger partial charge in [0.1, 0.15) is 34.8 Å². The summed E-state index contributed by atoms with van der Waals surface area (Å²) in [5.41, 5.74) is 14.1. The zero-order valence-electron chi connectivity index (χ0n) is 90.7. The van der Waals surface area contributed by atoms with Gasteiger partial charge in [-0.3, -0.25) is 28.8 Å². The van der Waals surface area contributed by atoms with Crippen LogP contribution in [-0.4, -0.2) is 228 Å². The van der Waals surface area contributed by atoms with E-state index in [9.17, 15) is 57.3 Å². The molecule has 0 aromatic heterocycles. The van der Waals surface area contributed by atoms with Crippen molar-refractivity contribution in [3.8, 4) is 0 Å². The molecule has 9 aliphatic rings. The minimum atomic E-state index is -0.500. The lowest BCUT2D eigenvalue weighted by atomic mass is 9.78. The van der Waals surface area contributed by atoms with Crippen molar-refractivity contribution in [3.05, 3.63) is 178 Å². The Balaban J connectivity index is 0.000000241. The van der Waals surface area contributed by atoms with Crippen molar-refractivity contribution in [2.45, 2.75) is 343 Å². The number of rotatable bonds is 49. The van der Waals surface area contributed by atoms with Crippen LogP contribution in [0, 0.1) is 34.7 Å². The zero-order valence-corrected chi connectivity index (χ0v) is 95.0. The maximum atomic E-state index is 13.1. The molecule has 25 heteroatoms. The van der Waals surface area contributed by atoms with Crippen molar-refractivity contribution >= 4 is 75.3 Å². The summed E-state index contributed by atoms with van der Waals surface area (Å²) in [6.07, 6.45) is 41.7. The Morgan fingerprint density at radius 2 is 0.628 bits per heavy atom. The Kier molecular flexibility index (Phi) is 54.7. The van der Waals surface area contributed by atoms with E-state index in [2.05, 4.69) is 154 Å². The van der Waals surface area contributed by atoms with E-state index < -0.39 is 6.47 Å². The first kappa shape index (κ1) is 125. The van der Waals surface area contributed by atoms with E-state index >= 15 is 0 Å². The average Bonchev–Trinajstić information content (AvgIpc) is 1.58. The summed E-state index contributed by atoms with van der Waals surface area (Å²) in [6, 6.07) is 38.9. The van der Waals surface area contributed by atoms with E-state index in [1.807, 2.05) is 0 Å². The first-order valence-electron chi connectivity index (χ1n) is 55.6. The van der Waals surface area contributed by atoms with Gasteiger partial charge in [-0.1, -0.05) is 226 Å². The lowest BCUT2D eigenvalue weighted by Crippen LogP contribution is -3.00. The highest BCUT2D eigenvalue weighted by atomic mass is 127. The summed E-state index contributed by atoms with van der Waals surface area (Å²) < 4.78 is 41.3. The Hall–Kier alpha value is -7.38. The lowest BCUT2D eigenvalue weighted by Gasteiger charge is -2.46. The molecule has 0 bridgehead atoms. The monoisotopic (exact) mass is 2240 g/mol. The highest BCUT2D eigenvalue weighted by Gasteiger charge is 2.54. The fourth-order valence-corrected chi connectivity index (χ4v) is 24.6. The molecule has 6 aromatic carbocycles. The number of quaternary nitrogens is 3. The maximum absolute atomic E-state index is 13.1. The van der Waals surface area contributed by atoms with Gasteiger partial charge in [0, 0.05) is 177 Å². The molecule has 0 aliphatic carbocycles. The largest absolute Gasteiger partial charge is 1.00 e. The Morgan fingerprint density at radius 1 is 0.379 bits per heavy atom. The van der Waals surface area contributed by atoms with E-state index in [1.54, 1.807) is 57.2 Å². The third-order valence-corrected chi connectivity index (χ3v) is 33.2. The number of benzene rings is 6. The smallest absolute Gasteiger partial charge is 0.180 e. The summed E-state index contributed by atoms with van der Waals surface area (Å²) in [4.78, 5) is 95.0. The Bertz CT molecular complexity index is 4470. The normalized spacial score (nSPS) is 20.8. The SMILES string of the molecule is CCCC(C)(CCC)C(C)=O.CCCCCCC(CCCCCC)C(C)=O.CCCCCCCCC(CCCCCCCC)C(C)=O.CN1CCN2c3c(cccc31)[C@@H]1C[N+](CO)(CCCC(=O)c3ccc(F)cc3)CC[C@@H]12.CN1CCN2c3c(cccc31)[C@@H]1C[N+](CO)(CCCC(=O)c3ccc(F)cc3)CC[C@@H]12.CN1CCN2c3c(cccc31)[C@@H]1C[N+](CO)(CCCC(=O)c3ccc(F)cc3)CC[C@@H]12.O=C[O-].[I-].[I-]. The van der Waals surface area contributed by atoms with Crippen molar-refractivity contribution in [2.24, 2.45) is 17.3 Å². The average molecular weight is 2240 g/mol. The second kappa shape index (κ2) is 63.7. The molecular formula is C120H182F3I2N9O11. The van der Waals surface area contributed by atoms with Crippen LogP contribution in [0.25, 0.3) is 0 Å². The number of anilines is 6. The van der Waals surface area contributed by atoms with Gasteiger partial charge in [0.05, 0.1) is 111 Å². The zero-order chi connectivity index (χ0) is 104. The van der Waals surface area contributed by atoms with Crippen molar-refractivity contribution in [1.29, 1.82) is 0 Å². The van der Waals surface area contributed by atoms with E-state index in [1.165, 1.54) is 216 Å². The summed E-state index contributed by atoms with van der Waals surface area (Å²) in [5, 5.41) is 39.4. The van der Waals surface area contributed by atoms with Gasteiger partial charge < -0.3 is 116 Å². The molecule has 3 saturated heterocycles. The molecule has 15 rings (SSSR count). The van der Waals surface area contributed by atoms with Crippen molar-refractivity contribution < 1.29 is 129 Å². The van der Waals surface area contributed by atoms with Crippen LogP contribution < -0.4 is 82.5 Å². The molecule has 808 valence electrons. The van der Waals surface area contributed by atoms with E-state index in [-0.39, 0.29) is 108 Å². The first-order valence-corrected chi connectivity index (χ1v) is 55.6. The van der Waals surface area contributed by atoms with Gasteiger partial charge >= 0.3 is 0 Å². The molecule has 9 atom stereocenters. The number of hydrogen-bond donors (Lipinski definition) is 3. The number of carboxylic acid groups (broad SMARTS) is 1. The molecule has 9 heterocycles. The number of ketones is 6. The lowest BCUT2D eigenvalue weighted by molar-refractivity contribution is -0.950. The van der Waals surface area contributed by atoms with Gasteiger partial charge in [-0.25, -0.2) is 13.2 Å². The van der Waals surface area contributed by atoms with Gasteiger partial charge in [0.2, 0.25) is 0 Å². The number of fused-ring (bicyclic) bond motifs is 9. The summed E-state index contributed by atoms with van der Waals surface area (Å²) in [5.74, 6) is 2.32.